The summed E-state index contributed by atoms with van der Waals surface area (Å²) in [4.78, 5) is 0. The molecular weight excluding hydrogens is 246 g/mol. The third-order valence-electron chi connectivity index (χ3n) is 5.70. The zero-order chi connectivity index (χ0) is 14.3. The molecule has 4 rings (SSSR count). The number of hydrogen-bond donors (Lipinski definition) is 1. The van der Waals surface area contributed by atoms with E-state index in [4.69, 9.17) is 4.74 Å². The van der Waals surface area contributed by atoms with Gasteiger partial charge >= 0.3 is 0 Å². The SMILES string of the molecule is C1CC2CC1CN2.C1CCC2(CC1)CCOCC2.CC. The second-order valence-corrected chi connectivity index (χ2v) is 6.96. The highest BCUT2D eigenvalue weighted by Crippen LogP contribution is 2.43. The number of piperidine rings is 1. The molecule has 2 saturated carbocycles. The molecule has 2 heteroatoms. The summed E-state index contributed by atoms with van der Waals surface area (Å²) < 4.78 is 5.40. The summed E-state index contributed by atoms with van der Waals surface area (Å²) in [6.45, 7) is 7.37. The van der Waals surface area contributed by atoms with E-state index in [0.717, 1.165) is 30.6 Å². The molecule has 0 aromatic rings. The van der Waals surface area contributed by atoms with Crippen LogP contribution in [0.1, 0.15) is 78.1 Å². The number of fused-ring (bicyclic) bond motifs is 2. The van der Waals surface area contributed by atoms with Gasteiger partial charge < -0.3 is 10.1 Å². The monoisotopic (exact) mass is 281 g/mol. The van der Waals surface area contributed by atoms with E-state index in [0.29, 0.717) is 0 Å². The van der Waals surface area contributed by atoms with Crippen molar-refractivity contribution in [2.75, 3.05) is 19.8 Å². The predicted molar refractivity (Wildman–Crippen MR) is 86.1 cm³/mol. The maximum Gasteiger partial charge on any atom is 0.0471 e. The lowest BCUT2D eigenvalue weighted by Crippen LogP contribution is -2.31. The van der Waals surface area contributed by atoms with Gasteiger partial charge in [0, 0.05) is 19.3 Å². The molecule has 2 nitrogen and oxygen atoms in total. The third kappa shape index (κ3) is 4.46. The first-order chi connectivity index (χ1) is 9.86. The van der Waals surface area contributed by atoms with Crippen LogP contribution in [0.2, 0.25) is 0 Å². The van der Waals surface area contributed by atoms with Crippen molar-refractivity contribution in [1.82, 2.24) is 5.32 Å². The number of ether oxygens (including phenoxy) is 1. The second kappa shape index (κ2) is 8.38. The zero-order valence-electron chi connectivity index (χ0n) is 13.8. The summed E-state index contributed by atoms with van der Waals surface area (Å²) in [5.74, 6) is 1.06. The van der Waals surface area contributed by atoms with Crippen molar-refractivity contribution in [1.29, 1.82) is 0 Å². The van der Waals surface area contributed by atoms with Crippen LogP contribution in [0.4, 0.5) is 0 Å². The molecular formula is C18H35NO. The Morgan fingerprint density at radius 1 is 0.900 bits per heavy atom. The van der Waals surface area contributed by atoms with Gasteiger partial charge in [0.05, 0.1) is 0 Å². The van der Waals surface area contributed by atoms with Gasteiger partial charge in [0.25, 0.3) is 0 Å². The minimum atomic E-state index is 0.733. The van der Waals surface area contributed by atoms with Crippen molar-refractivity contribution < 1.29 is 4.74 Å². The van der Waals surface area contributed by atoms with Crippen molar-refractivity contribution in [3.05, 3.63) is 0 Å². The van der Waals surface area contributed by atoms with E-state index in [1.807, 2.05) is 13.8 Å². The fourth-order valence-electron chi connectivity index (χ4n) is 4.39. The van der Waals surface area contributed by atoms with Crippen LogP contribution in [0.25, 0.3) is 0 Å². The van der Waals surface area contributed by atoms with Crippen LogP contribution in [0.5, 0.6) is 0 Å². The Labute approximate surface area is 126 Å². The Hall–Kier alpha value is -0.0800. The molecule has 1 spiro atoms. The van der Waals surface area contributed by atoms with Crippen LogP contribution in [0.3, 0.4) is 0 Å². The van der Waals surface area contributed by atoms with Crippen molar-refractivity contribution in [2.45, 2.75) is 84.1 Å². The van der Waals surface area contributed by atoms with E-state index in [2.05, 4.69) is 5.32 Å². The highest BCUT2D eigenvalue weighted by molar-refractivity contribution is 4.88. The van der Waals surface area contributed by atoms with Gasteiger partial charge in [-0.25, -0.2) is 0 Å². The summed E-state index contributed by atoms with van der Waals surface area (Å²) in [6.07, 6.45) is 14.5. The second-order valence-electron chi connectivity index (χ2n) is 6.96. The van der Waals surface area contributed by atoms with Crippen molar-refractivity contribution in [3.8, 4) is 0 Å². The number of hydrogen-bond acceptors (Lipinski definition) is 2. The maximum absolute atomic E-state index is 5.40. The third-order valence-corrected chi connectivity index (χ3v) is 5.70. The molecule has 2 atom stereocenters. The summed E-state index contributed by atoms with van der Waals surface area (Å²) in [5, 5.41) is 3.46. The van der Waals surface area contributed by atoms with Crippen LogP contribution < -0.4 is 5.32 Å². The fraction of sp³-hybridized carbons (Fsp3) is 1.00. The summed E-state index contributed by atoms with van der Waals surface area (Å²) in [7, 11) is 0. The van der Waals surface area contributed by atoms with Gasteiger partial charge in [0.2, 0.25) is 0 Å². The molecule has 2 bridgehead atoms. The highest BCUT2D eigenvalue weighted by atomic mass is 16.5. The minimum absolute atomic E-state index is 0.733. The molecule has 0 aromatic heterocycles. The normalized spacial score (nSPS) is 33.9. The predicted octanol–water partition coefficient (Wildman–Crippen LogP) is 4.53. The van der Waals surface area contributed by atoms with Gasteiger partial charge in [-0.15, -0.1) is 0 Å². The van der Waals surface area contributed by atoms with Gasteiger partial charge in [0.15, 0.2) is 0 Å². The Kier molecular flexibility index (Phi) is 6.83. The van der Waals surface area contributed by atoms with E-state index in [1.165, 1.54) is 70.8 Å². The first-order valence-corrected chi connectivity index (χ1v) is 9.18. The zero-order valence-corrected chi connectivity index (χ0v) is 13.8. The first kappa shape index (κ1) is 16.3. The topological polar surface area (TPSA) is 21.3 Å². The van der Waals surface area contributed by atoms with Gasteiger partial charge in [0.1, 0.15) is 0 Å². The summed E-state index contributed by atoms with van der Waals surface area (Å²) >= 11 is 0. The standard InChI is InChI=1S/C10H18O.C6H11N.C2H6/c1-2-4-10(5-3-1)6-8-11-9-7-10;1-2-6-3-5(1)4-7-6;1-2/h1-9H2;5-7H,1-4H2;1-2H3. The molecule has 2 unspecified atom stereocenters. The molecule has 2 aliphatic heterocycles. The molecule has 118 valence electrons. The first-order valence-electron chi connectivity index (χ1n) is 9.18. The average molecular weight is 281 g/mol. The molecule has 0 radical (unpaired) electrons. The fourth-order valence-corrected chi connectivity index (χ4v) is 4.39. The van der Waals surface area contributed by atoms with Gasteiger partial charge in [-0.3, -0.25) is 0 Å². The summed E-state index contributed by atoms with van der Waals surface area (Å²) in [6, 6.07) is 0.921. The molecule has 0 amide bonds. The van der Waals surface area contributed by atoms with Gasteiger partial charge in [-0.05, 0) is 62.8 Å². The van der Waals surface area contributed by atoms with Crippen LogP contribution >= 0.6 is 0 Å². The average Bonchev–Trinajstić information content (AvgIpc) is 3.17. The Morgan fingerprint density at radius 3 is 2.00 bits per heavy atom. The van der Waals surface area contributed by atoms with Crippen LogP contribution in [0.15, 0.2) is 0 Å². The van der Waals surface area contributed by atoms with E-state index in [9.17, 15) is 0 Å². The summed E-state index contributed by atoms with van der Waals surface area (Å²) in [5.41, 5.74) is 0.733. The number of rotatable bonds is 0. The molecule has 2 heterocycles. The smallest absolute Gasteiger partial charge is 0.0471 e. The van der Waals surface area contributed by atoms with E-state index < -0.39 is 0 Å². The van der Waals surface area contributed by atoms with E-state index >= 15 is 0 Å². The van der Waals surface area contributed by atoms with E-state index in [1.54, 1.807) is 0 Å². The lowest BCUT2D eigenvalue weighted by atomic mass is 9.69. The molecule has 2 aliphatic carbocycles. The number of nitrogens with one attached hydrogen (secondary N) is 1. The molecule has 1 N–H and O–H groups in total. The quantitative estimate of drug-likeness (QED) is 0.704. The Bertz CT molecular complexity index is 217. The van der Waals surface area contributed by atoms with Crippen LogP contribution in [0, 0.1) is 11.3 Å². The van der Waals surface area contributed by atoms with Crippen molar-refractivity contribution in [2.24, 2.45) is 11.3 Å². The van der Waals surface area contributed by atoms with Crippen molar-refractivity contribution >= 4 is 0 Å². The highest BCUT2D eigenvalue weighted by Gasteiger charge is 2.33. The minimum Gasteiger partial charge on any atom is -0.381 e. The molecule has 2 saturated heterocycles. The Balaban J connectivity index is 0.000000140. The lowest BCUT2D eigenvalue weighted by Gasteiger charge is -2.40. The molecule has 4 aliphatic rings. The maximum atomic E-state index is 5.40. The molecule has 20 heavy (non-hydrogen) atoms. The molecule has 4 fully saturated rings. The van der Waals surface area contributed by atoms with Gasteiger partial charge in [-0.2, -0.15) is 0 Å². The van der Waals surface area contributed by atoms with Crippen LogP contribution in [-0.2, 0) is 4.74 Å². The Morgan fingerprint density at radius 2 is 1.60 bits per heavy atom. The van der Waals surface area contributed by atoms with Gasteiger partial charge in [-0.1, -0.05) is 33.1 Å². The largest absolute Gasteiger partial charge is 0.381 e. The van der Waals surface area contributed by atoms with Crippen LogP contribution in [-0.4, -0.2) is 25.8 Å². The molecule has 0 aromatic carbocycles. The van der Waals surface area contributed by atoms with E-state index in [-0.39, 0.29) is 0 Å². The van der Waals surface area contributed by atoms with Crippen molar-refractivity contribution in [3.63, 3.8) is 0 Å². The lowest BCUT2D eigenvalue weighted by molar-refractivity contribution is -0.00473.